The van der Waals surface area contributed by atoms with Crippen molar-refractivity contribution in [3.8, 4) is 0 Å². The summed E-state index contributed by atoms with van der Waals surface area (Å²) in [5.41, 5.74) is 8.40. The van der Waals surface area contributed by atoms with E-state index in [4.69, 9.17) is 17.3 Å². The lowest BCUT2D eigenvalue weighted by Crippen LogP contribution is -2.15. The van der Waals surface area contributed by atoms with Crippen molar-refractivity contribution in [2.75, 3.05) is 11.1 Å². The van der Waals surface area contributed by atoms with E-state index >= 15 is 0 Å². The van der Waals surface area contributed by atoms with Crippen LogP contribution in [-0.2, 0) is 11.3 Å². The van der Waals surface area contributed by atoms with Gasteiger partial charge < -0.3 is 11.1 Å². The second kappa shape index (κ2) is 8.64. The van der Waals surface area contributed by atoms with Crippen molar-refractivity contribution in [2.24, 2.45) is 0 Å². The molecule has 0 bridgehead atoms. The summed E-state index contributed by atoms with van der Waals surface area (Å²) in [6.45, 7) is 2.16. The van der Waals surface area contributed by atoms with E-state index < -0.39 is 5.78 Å². The van der Waals surface area contributed by atoms with Crippen molar-refractivity contribution < 1.29 is 14.4 Å². The predicted molar refractivity (Wildman–Crippen MR) is 124 cm³/mol. The van der Waals surface area contributed by atoms with E-state index in [-0.39, 0.29) is 28.6 Å². The molecule has 0 aliphatic rings. The van der Waals surface area contributed by atoms with Crippen molar-refractivity contribution in [1.82, 2.24) is 9.78 Å². The van der Waals surface area contributed by atoms with Gasteiger partial charge in [0, 0.05) is 23.9 Å². The number of fused-ring (bicyclic) bond motifs is 1. The van der Waals surface area contributed by atoms with E-state index in [1.807, 2.05) is 30.3 Å². The predicted octanol–water partition coefficient (Wildman–Crippen LogP) is 4.26. The molecule has 0 aliphatic carbocycles. The zero-order chi connectivity index (χ0) is 22.8. The third-order valence-corrected chi connectivity index (χ3v) is 5.51. The van der Waals surface area contributed by atoms with E-state index in [0.717, 1.165) is 10.9 Å². The average molecular weight is 447 g/mol. The molecular formula is C24H19ClN4O3. The molecule has 3 N–H and O–H groups in total. The van der Waals surface area contributed by atoms with Gasteiger partial charge in [-0.1, -0.05) is 48.0 Å². The number of nitrogens with one attached hydrogen (secondary N) is 1. The monoisotopic (exact) mass is 446 g/mol. The van der Waals surface area contributed by atoms with Gasteiger partial charge in [0.1, 0.15) is 5.82 Å². The second-order valence-corrected chi connectivity index (χ2v) is 7.67. The second-order valence-electron chi connectivity index (χ2n) is 7.29. The van der Waals surface area contributed by atoms with Crippen LogP contribution in [0.3, 0.4) is 0 Å². The molecule has 160 valence electrons. The normalized spacial score (nSPS) is 10.8. The van der Waals surface area contributed by atoms with Gasteiger partial charge in [0.2, 0.25) is 5.78 Å². The Morgan fingerprint density at radius 1 is 1.12 bits per heavy atom. The highest BCUT2D eigenvalue weighted by Gasteiger charge is 2.18. The van der Waals surface area contributed by atoms with Crippen LogP contribution in [0.25, 0.3) is 10.8 Å². The van der Waals surface area contributed by atoms with Crippen LogP contribution in [0.2, 0.25) is 5.02 Å². The van der Waals surface area contributed by atoms with Crippen molar-refractivity contribution in [3.63, 3.8) is 0 Å². The van der Waals surface area contributed by atoms with Gasteiger partial charge in [-0.15, -0.1) is 5.10 Å². The number of nitrogens with two attached hydrogens (primary N) is 1. The molecular weight excluding hydrogens is 428 g/mol. The number of carbonyl (C=O) groups is 3. The Hall–Kier alpha value is -3.97. The van der Waals surface area contributed by atoms with Gasteiger partial charge in [-0.2, -0.15) is 4.68 Å². The Morgan fingerprint density at radius 2 is 1.84 bits per heavy atom. The minimum absolute atomic E-state index is 0.178. The summed E-state index contributed by atoms with van der Waals surface area (Å²) < 4.78 is 1.27. The smallest absolute Gasteiger partial charge is 0.278 e. The third-order valence-electron chi connectivity index (χ3n) is 5.12. The van der Waals surface area contributed by atoms with Gasteiger partial charge in [-0.05, 0) is 41.5 Å². The number of ketones is 1. The number of aryl methyl sites for hydroxylation is 1. The van der Waals surface area contributed by atoms with Crippen LogP contribution >= 0.6 is 11.6 Å². The Balaban J connectivity index is 1.57. The van der Waals surface area contributed by atoms with Crippen LogP contribution in [0.5, 0.6) is 0 Å². The highest BCUT2D eigenvalue weighted by Crippen LogP contribution is 2.34. The fraction of sp³-hybridized carbons (Fsp3) is 0.0833. The standard InChI is InChI=1S/C24H19ClN4O3/c1-14-10-21(26)28-29(14)24(32)16-8-6-15(7-9-16)12-27-19-11-17-4-2-3-5-18(17)22(23(19)25)20(31)13-30/h2-11,13,27H,12H2,1H3,(H2,26,28). The number of nitrogens with zero attached hydrogens (tertiary/aromatic N) is 2. The molecule has 7 nitrogen and oxygen atoms in total. The van der Waals surface area contributed by atoms with Crippen molar-refractivity contribution >= 4 is 51.9 Å². The first-order valence-electron chi connectivity index (χ1n) is 9.79. The summed E-state index contributed by atoms with van der Waals surface area (Å²) in [6, 6.07) is 17.8. The SMILES string of the molecule is Cc1cc(N)nn1C(=O)c1ccc(CNc2cc3ccccc3c(C(=O)C=O)c2Cl)cc1. The lowest BCUT2D eigenvalue weighted by molar-refractivity contribution is -0.104. The Labute approximate surface area is 188 Å². The van der Waals surface area contributed by atoms with E-state index in [2.05, 4.69) is 10.4 Å². The first-order valence-corrected chi connectivity index (χ1v) is 10.2. The van der Waals surface area contributed by atoms with Crippen LogP contribution in [0.4, 0.5) is 11.5 Å². The van der Waals surface area contributed by atoms with Crippen molar-refractivity contribution in [2.45, 2.75) is 13.5 Å². The van der Waals surface area contributed by atoms with Gasteiger partial charge in [0.15, 0.2) is 6.29 Å². The number of benzene rings is 3. The Bertz CT molecular complexity index is 1360. The molecule has 0 saturated carbocycles. The summed E-state index contributed by atoms with van der Waals surface area (Å²) in [4.78, 5) is 35.9. The minimum Gasteiger partial charge on any atom is -0.382 e. The van der Waals surface area contributed by atoms with Crippen molar-refractivity contribution in [3.05, 3.63) is 88.1 Å². The summed E-state index contributed by atoms with van der Waals surface area (Å²) >= 11 is 6.47. The lowest BCUT2D eigenvalue weighted by Gasteiger charge is -2.14. The van der Waals surface area contributed by atoms with E-state index in [1.54, 1.807) is 37.3 Å². The van der Waals surface area contributed by atoms with Crippen LogP contribution in [0.15, 0.2) is 60.7 Å². The zero-order valence-electron chi connectivity index (χ0n) is 17.1. The van der Waals surface area contributed by atoms with Gasteiger partial charge in [-0.25, -0.2) is 0 Å². The number of aldehydes is 1. The molecule has 0 atom stereocenters. The number of halogens is 1. The number of anilines is 2. The molecule has 0 aliphatic heterocycles. The van der Waals surface area contributed by atoms with Gasteiger partial charge >= 0.3 is 0 Å². The highest BCUT2D eigenvalue weighted by molar-refractivity contribution is 6.45. The van der Waals surface area contributed by atoms with E-state index in [0.29, 0.717) is 28.9 Å². The fourth-order valence-electron chi connectivity index (χ4n) is 3.54. The van der Waals surface area contributed by atoms with Crippen LogP contribution < -0.4 is 11.1 Å². The number of hydrogen-bond donors (Lipinski definition) is 2. The van der Waals surface area contributed by atoms with Crippen LogP contribution in [-0.4, -0.2) is 27.8 Å². The molecule has 0 radical (unpaired) electrons. The first-order chi connectivity index (χ1) is 15.4. The minimum atomic E-state index is -0.674. The molecule has 0 spiro atoms. The number of Topliss-reactive ketones (excluding diaryl/α,β-unsaturated/α-hetero) is 1. The molecule has 32 heavy (non-hydrogen) atoms. The largest absolute Gasteiger partial charge is 0.382 e. The third kappa shape index (κ3) is 3.98. The highest BCUT2D eigenvalue weighted by atomic mass is 35.5. The number of carbonyl (C=O) groups excluding carboxylic acids is 3. The summed E-state index contributed by atoms with van der Waals surface area (Å²) in [5.74, 6) is -0.656. The van der Waals surface area contributed by atoms with Gasteiger partial charge in [-0.3, -0.25) is 14.4 Å². The molecule has 0 amide bonds. The van der Waals surface area contributed by atoms with Crippen LogP contribution in [0, 0.1) is 6.92 Å². The Kier molecular flexibility index (Phi) is 5.75. The fourth-order valence-corrected chi connectivity index (χ4v) is 3.86. The van der Waals surface area contributed by atoms with E-state index in [1.165, 1.54) is 4.68 Å². The molecule has 0 saturated heterocycles. The van der Waals surface area contributed by atoms with E-state index in [9.17, 15) is 14.4 Å². The molecule has 3 aromatic carbocycles. The summed E-state index contributed by atoms with van der Waals surface area (Å²) in [7, 11) is 0. The quantitative estimate of drug-likeness (QED) is 0.260. The van der Waals surface area contributed by atoms with Crippen molar-refractivity contribution in [1.29, 1.82) is 0 Å². The summed E-state index contributed by atoms with van der Waals surface area (Å²) in [6.07, 6.45) is 0.266. The average Bonchev–Trinajstić information content (AvgIpc) is 3.14. The van der Waals surface area contributed by atoms with Crippen LogP contribution in [0.1, 0.15) is 32.0 Å². The topological polar surface area (TPSA) is 107 Å². The number of hydrogen-bond acceptors (Lipinski definition) is 6. The molecule has 1 aromatic heterocycles. The zero-order valence-corrected chi connectivity index (χ0v) is 17.9. The van der Waals surface area contributed by atoms with Gasteiger partial charge in [0.25, 0.3) is 5.91 Å². The van der Waals surface area contributed by atoms with Gasteiger partial charge in [0.05, 0.1) is 16.3 Å². The Morgan fingerprint density at radius 3 is 2.50 bits per heavy atom. The number of aromatic nitrogens is 2. The maximum absolute atomic E-state index is 12.6. The summed E-state index contributed by atoms with van der Waals surface area (Å²) in [5, 5.41) is 8.84. The number of nitrogen functional groups attached to an aromatic ring is 1. The maximum Gasteiger partial charge on any atom is 0.278 e. The molecule has 1 heterocycles. The molecule has 0 fully saturated rings. The molecule has 0 unspecified atom stereocenters. The maximum atomic E-state index is 12.6. The molecule has 4 aromatic rings. The number of rotatable bonds is 6. The lowest BCUT2D eigenvalue weighted by atomic mass is 10.0. The molecule has 8 heteroatoms. The first kappa shape index (κ1) is 21.3. The molecule has 4 rings (SSSR count).